The molecule has 0 saturated heterocycles. The van der Waals surface area contributed by atoms with E-state index in [1.807, 2.05) is 13.0 Å². The summed E-state index contributed by atoms with van der Waals surface area (Å²) in [6.45, 7) is 5.36. The van der Waals surface area contributed by atoms with Crippen molar-refractivity contribution in [3.05, 3.63) is 41.2 Å². The van der Waals surface area contributed by atoms with Gasteiger partial charge in [-0.05, 0) is 25.5 Å². The minimum Gasteiger partial charge on any atom is -0.441 e. The monoisotopic (exact) mass is 205 g/mol. The molecule has 1 heterocycles. The molecule has 0 fully saturated rings. The minimum atomic E-state index is -0.221. The summed E-state index contributed by atoms with van der Waals surface area (Å²) in [4.78, 5) is 4.15. The fraction of sp³-hybridized carbons (Fsp3) is 0.250. The van der Waals surface area contributed by atoms with E-state index in [0.29, 0.717) is 17.2 Å². The van der Waals surface area contributed by atoms with Crippen molar-refractivity contribution in [2.75, 3.05) is 0 Å². The molecule has 0 atom stereocenters. The summed E-state index contributed by atoms with van der Waals surface area (Å²) in [5.74, 6) is 1.02. The molecular formula is C12H12FNO. The summed E-state index contributed by atoms with van der Waals surface area (Å²) >= 11 is 0. The van der Waals surface area contributed by atoms with E-state index in [2.05, 4.69) is 4.98 Å². The maximum atomic E-state index is 13.3. The van der Waals surface area contributed by atoms with Gasteiger partial charge in [-0.2, -0.15) is 0 Å². The van der Waals surface area contributed by atoms with Crippen LogP contribution in [0.25, 0.3) is 11.3 Å². The Morgan fingerprint density at radius 2 is 1.93 bits per heavy atom. The number of benzene rings is 1. The molecule has 0 unspecified atom stereocenters. The zero-order valence-corrected chi connectivity index (χ0v) is 8.97. The molecule has 1 aromatic carbocycles. The summed E-state index contributed by atoms with van der Waals surface area (Å²) in [7, 11) is 0. The summed E-state index contributed by atoms with van der Waals surface area (Å²) in [6, 6.07) is 5.05. The number of aryl methyl sites for hydroxylation is 3. The molecule has 2 aromatic rings. The lowest BCUT2D eigenvalue weighted by molar-refractivity contribution is 0.533. The van der Waals surface area contributed by atoms with Gasteiger partial charge in [0.1, 0.15) is 5.82 Å². The van der Waals surface area contributed by atoms with Crippen LogP contribution in [0.15, 0.2) is 22.6 Å². The quantitative estimate of drug-likeness (QED) is 0.713. The van der Waals surface area contributed by atoms with Crippen LogP contribution in [0.1, 0.15) is 17.1 Å². The Kier molecular flexibility index (Phi) is 2.31. The molecule has 3 heteroatoms. The van der Waals surface area contributed by atoms with E-state index in [4.69, 9.17) is 4.42 Å². The third-order valence-electron chi connectivity index (χ3n) is 2.34. The van der Waals surface area contributed by atoms with Gasteiger partial charge in [0.15, 0.2) is 11.7 Å². The smallest absolute Gasteiger partial charge is 0.192 e. The van der Waals surface area contributed by atoms with Crippen LogP contribution in [0.4, 0.5) is 4.39 Å². The average molecular weight is 205 g/mol. The second-order valence-corrected chi connectivity index (χ2v) is 3.61. The van der Waals surface area contributed by atoms with Gasteiger partial charge in [-0.1, -0.05) is 12.1 Å². The van der Waals surface area contributed by atoms with Crippen LogP contribution in [-0.2, 0) is 0 Å². The number of rotatable bonds is 1. The first-order valence-corrected chi connectivity index (χ1v) is 4.78. The zero-order chi connectivity index (χ0) is 11.0. The summed E-state index contributed by atoms with van der Waals surface area (Å²) < 4.78 is 18.8. The van der Waals surface area contributed by atoms with Crippen LogP contribution >= 0.6 is 0 Å². The van der Waals surface area contributed by atoms with Crippen molar-refractivity contribution >= 4 is 0 Å². The van der Waals surface area contributed by atoms with Crippen LogP contribution < -0.4 is 0 Å². The third kappa shape index (κ3) is 1.77. The average Bonchev–Trinajstić information content (AvgIpc) is 2.50. The largest absolute Gasteiger partial charge is 0.441 e. The third-order valence-corrected chi connectivity index (χ3v) is 2.34. The van der Waals surface area contributed by atoms with E-state index < -0.39 is 0 Å². The fourth-order valence-electron chi connectivity index (χ4n) is 1.53. The van der Waals surface area contributed by atoms with Gasteiger partial charge >= 0.3 is 0 Å². The molecule has 1 aromatic heterocycles. The van der Waals surface area contributed by atoms with Crippen molar-refractivity contribution in [1.29, 1.82) is 0 Å². The minimum absolute atomic E-state index is 0.221. The van der Waals surface area contributed by atoms with Gasteiger partial charge in [0.05, 0.1) is 5.69 Å². The molecule has 0 N–H and O–H groups in total. The SMILES string of the molecule is Cc1nc(C)c(-c2ccc(C)c(F)c2)o1. The molecule has 2 rings (SSSR count). The van der Waals surface area contributed by atoms with Gasteiger partial charge in [-0.25, -0.2) is 9.37 Å². The maximum Gasteiger partial charge on any atom is 0.192 e. The highest BCUT2D eigenvalue weighted by Crippen LogP contribution is 2.25. The molecule has 0 radical (unpaired) electrons. The Labute approximate surface area is 87.8 Å². The van der Waals surface area contributed by atoms with E-state index in [1.54, 1.807) is 19.9 Å². The maximum absolute atomic E-state index is 13.3. The Bertz CT molecular complexity index is 502. The second kappa shape index (κ2) is 3.50. The van der Waals surface area contributed by atoms with E-state index in [0.717, 1.165) is 11.3 Å². The summed E-state index contributed by atoms with van der Waals surface area (Å²) in [5, 5.41) is 0. The Morgan fingerprint density at radius 3 is 2.47 bits per heavy atom. The number of aromatic nitrogens is 1. The van der Waals surface area contributed by atoms with Gasteiger partial charge < -0.3 is 4.42 Å². The number of nitrogens with zero attached hydrogens (tertiary/aromatic N) is 1. The van der Waals surface area contributed by atoms with E-state index in [9.17, 15) is 4.39 Å². The van der Waals surface area contributed by atoms with Crippen molar-refractivity contribution < 1.29 is 8.81 Å². The van der Waals surface area contributed by atoms with E-state index in [-0.39, 0.29) is 5.82 Å². The molecule has 0 aliphatic carbocycles. The van der Waals surface area contributed by atoms with Crippen molar-refractivity contribution in [1.82, 2.24) is 4.98 Å². The number of halogens is 1. The summed E-state index contributed by atoms with van der Waals surface area (Å²) in [5.41, 5.74) is 2.15. The van der Waals surface area contributed by atoms with Crippen molar-refractivity contribution in [2.24, 2.45) is 0 Å². The van der Waals surface area contributed by atoms with Crippen LogP contribution in [0.5, 0.6) is 0 Å². The van der Waals surface area contributed by atoms with Crippen molar-refractivity contribution in [3.8, 4) is 11.3 Å². The van der Waals surface area contributed by atoms with Crippen molar-refractivity contribution in [3.63, 3.8) is 0 Å². The Balaban J connectivity index is 2.54. The first-order chi connectivity index (χ1) is 7.08. The predicted octanol–water partition coefficient (Wildman–Crippen LogP) is 3.41. The highest BCUT2D eigenvalue weighted by molar-refractivity contribution is 5.60. The lowest BCUT2D eigenvalue weighted by Crippen LogP contribution is -1.84. The predicted molar refractivity (Wildman–Crippen MR) is 56.1 cm³/mol. The molecule has 0 spiro atoms. The summed E-state index contributed by atoms with van der Waals surface area (Å²) in [6.07, 6.45) is 0. The molecule has 0 aliphatic heterocycles. The standard InChI is InChI=1S/C12H12FNO/c1-7-4-5-10(6-11(7)13)12-8(2)14-9(3)15-12/h4-6H,1-3H3. The van der Waals surface area contributed by atoms with Gasteiger partial charge in [0.2, 0.25) is 0 Å². The lowest BCUT2D eigenvalue weighted by atomic mass is 10.1. The normalized spacial score (nSPS) is 10.7. The molecular weight excluding hydrogens is 193 g/mol. The van der Waals surface area contributed by atoms with Gasteiger partial charge in [-0.15, -0.1) is 0 Å². The first kappa shape index (κ1) is 9.90. The number of hydrogen-bond donors (Lipinski definition) is 0. The zero-order valence-electron chi connectivity index (χ0n) is 8.97. The molecule has 0 bridgehead atoms. The molecule has 15 heavy (non-hydrogen) atoms. The van der Waals surface area contributed by atoms with E-state index in [1.165, 1.54) is 6.07 Å². The van der Waals surface area contributed by atoms with Crippen molar-refractivity contribution in [2.45, 2.75) is 20.8 Å². The molecule has 78 valence electrons. The van der Waals surface area contributed by atoms with Gasteiger partial charge in [-0.3, -0.25) is 0 Å². The second-order valence-electron chi connectivity index (χ2n) is 3.61. The van der Waals surface area contributed by atoms with Crippen LogP contribution in [-0.4, -0.2) is 4.98 Å². The number of oxazole rings is 1. The topological polar surface area (TPSA) is 26.0 Å². The Morgan fingerprint density at radius 1 is 1.20 bits per heavy atom. The molecule has 0 saturated carbocycles. The van der Waals surface area contributed by atoms with Crippen LogP contribution in [0.2, 0.25) is 0 Å². The Hall–Kier alpha value is -1.64. The highest BCUT2D eigenvalue weighted by Gasteiger charge is 2.10. The van der Waals surface area contributed by atoms with Gasteiger partial charge in [0.25, 0.3) is 0 Å². The fourth-order valence-corrected chi connectivity index (χ4v) is 1.53. The first-order valence-electron chi connectivity index (χ1n) is 4.78. The highest BCUT2D eigenvalue weighted by atomic mass is 19.1. The van der Waals surface area contributed by atoms with Crippen LogP contribution in [0.3, 0.4) is 0 Å². The molecule has 2 nitrogen and oxygen atoms in total. The molecule has 0 aliphatic rings. The van der Waals surface area contributed by atoms with E-state index >= 15 is 0 Å². The van der Waals surface area contributed by atoms with Crippen LogP contribution in [0, 0.1) is 26.6 Å². The number of hydrogen-bond acceptors (Lipinski definition) is 2. The molecule has 0 amide bonds. The lowest BCUT2D eigenvalue weighted by Gasteiger charge is -2.00. The van der Waals surface area contributed by atoms with Gasteiger partial charge in [0, 0.05) is 12.5 Å².